The van der Waals surface area contributed by atoms with Gasteiger partial charge in [0.25, 0.3) is 0 Å². The molecule has 0 radical (unpaired) electrons. The Bertz CT molecular complexity index is 590. The summed E-state index contributed by atoms with van der Waals surface area (Å²) in [5.74, 6) is 3.29. The second-order valence-corrected chi connectivity index (χ2v) is 7.47. The van der Waals surface area contributed by atoms with Crippen LogP contribution in [0.3, 0.4) is 0 Å². The molecule has 3 nitrogen and oxygen atoms in total. The van der Waals surface area contributed by atoms with Crippen LogP contribution in [0.25, 0.3) is 0 Å². The van der Waals surface area contributed by atoms with Gasteiger partial charge in [-0.1, -0.05) is 32.9 Å². The molecule has 4 fully saturated rings. The lowest BCUT2D eigenvalue weighted by atomic mass is 10.2. The van der Waals surface area contributed by atoms with Crippen molar-refractivity contribution in [3.05, 3.63) is 22.8 Å². The van der Waals surface area contributed by atoms with E-state index in [4.69, 9.17) is 11.6 Å². The van der Waals surface area contributed by atoms with E-state index < -0.39 is 11.7 Å². The number of pyridine rings is 1. The van der Waals surface area contributed by atoms with Crippen molar-refractivity contribution in [1.82, 2.24) is 10.3 Å². The van der Waals surface area contributed by atoms with Gasteiger partial charge in [0.1, 0.15) is 11.0 Å². The van der Waals surface area contributed by atoms with Gasteiger partial charge in [-0.15, -0.1) is 0 Å². The van der Waals surface area contributed by atoms with Crippen LogP contribution in [0.1, 0.15) is 39.7 Å². The number of piperidine rings is 2. The lowest BCUT2D eigenvalue weighted by molar-refractivity contribution is -0.137. The molecule has 0 amide bonds. The first-order valence-electron chi connectivity index (χ1n) is 9.11. The zero-order valence-electron chi connectivity index (χ0n) is 14.6. The molecule has 2 aliphatic carbocycles. The molecule has 4 atom stereocenters. The lowest BCUT2D eigenvalue weighted by Gasteiger charge is -2.23. The third-order valence-corrected chi connectivity index (χ3v) is 5.52. The highest BCUT2D eigenvalue weighted by molar-refractivity contribution is 6.29. The van der Waals surface area contributed by atoms with Gasteiger partial charge in [0.05, 0.1) is 5.56 Å². The van der Waals surface area contributed by atoms with Crippen LogP contribution >= 0.6 is 11.6 Å². The molecule has 148 valence electrons. The van der Waals surface area contributed by atoms with Gasteiger partial charge in [0.15, 0.2) is 0 Å². The Morgan fingerprint density at radius 1 is 1.04 bits per heavy atom. The van der Waals surface area contributed by atoms with E-state index in [1.54, 1.807) is 4.90 Å². The minimum atomic E-state index is -4.38. The molecular weight excluding hydrogens is 363 g/mol. The van der Waals surface area contributed by atoms with E-state index in [0.717, 1.165) is 24.3 Å². The van der Waals surface area contributed by atoms with Crippen molar-refractivity contribution in [2.75, 3.05) is 31.1 Å². The van der Waals surface area contributed by atoms with Crippen LogP contribution in [0.4, 0.5) is 19.0 Å². The number of nitrogens with zero attached hydrogens (tertiary/aromatic N) is 2. The van der Waals surface area contributed by atoms with Crippen molar-refractivity contribution >= 4 is 17.4 Å². The second kappa shape index (κ2) is 8.34. The third kappa shape index (κ3) is 4.83. The van der Waals surface area contributed by atoms with Crippen LogP contribution in [0, 0.1) is 23.7 Å². The van der Waals surface area contributed by atoms with E-state index in [0.29, 0.717) is 24.9 Å². The molecule has 2 saturated carbocycles. The van der Waals surface area contributed by atoms with Crippen molar-refractivity contribution in [3.63, 3.8) is 0 Å². The Morgan fingerprint density at radius 2 is 1.58 bits per heavy atom. The number of alkyl halides is 3. The van der Waals surface area contributed by atoms with Crippen LogP contribution < -0.4 is 10.2 Å². The lowest BCUT2D eigenvalue weighted by Crippen LogP contribution is -2.26. The van der Waals surface area contributed by atoms with E-state index >= 15 is 0 Å². The van der Waals surface area contributed by atoms with Crippen LogP contribution in [0.2, 0.25) is 5.15 Å². The molecule has 5 rings (SSSR count). The number of hydrogen-bond donors (Lipinski definition) is 1. The highest BCUT2D eigenvalue weighted by Gasteiger charge is 2.47. The second-order valence-electron chi connectivity index (χ2n) is 7.08. The van der Waals surface area contributed by atoms with Crippen LogP contribution in [-0.4, -0.2) is 31.2 Å². The predicted octanol–water partition coefficient (Wildman–Crippen LogP) is 5.10. The summed E-state index contributed by atoms with van der Waals surface area (Å²) in [5, 5.41) is 3.43. The van der Waals surface area contributed by atoms with Gasteiger partial charge < -0.3 is 10.2 Å². The molecule has 1 aromatic rings. The van der Waals surface area contributed by atoms with E-state index in [2.05, 4.69) is 10.3 Å². The quantitative estimate of drug-likeness (QED) is 0.675. The molecule has 0 aromatic carbocycles. The zero-order chi connectivity index (χ0) is 18.2. The summed E-state index contributed by atoms with van der Waals surface area (Å²) >= 11 is 5.69. The fourth-order valence-corrected chi connectivity index (χ4v) is 3.87. The van der Waals surface area contributed by atoms with Gasteiger partial charge >= 0.3 is 6.18 Å². The Labute approximate surface area is 159 Å². The molecule has 0 spiro atoms. The molecule has 0 bridgehead atoms. The number of nitrogens with one attached hydrogen (secondary N) is 1. The number of fused-ring (bicyclic) bond motifs is 2. The predicted molar refractivity (Wildman–Crippen MR) is 101 cm³/mol. The normalized spacial score (nSPS) is 30.0. The summed E-state index contributed by atoms with van der Waals surface area (Å²) in [6, 6.07) is 2.19. The molecule has 2 aliphatic heterocycles. The van der Waals surface area contributed by atoms with Gasteiger partial charge in [-0.05, 0) is 61.7 Å². The molecule has 4 unspecified atom stereocenters. The molecular formula is C19H29ClF3N3. The SMILES string of the molecule is C.C1NCC2CC12.CC.FC(F)(F)c1ccc(Cl)nc1N1CC2CC2C1. The van der Waals surface area contributed by atoms with E-state index in [9.17, 15) is 13.2 Å². The molecule has 1 N–H and O–H groups in total. The Kier molecular flexibility index (Phi) is 6.83. The van der Waals surface area contributed by atoms with Crippen LogP contribution in [0.5, 0.6) is 0 Å². The zero-order valence-corrected chi connectivity index (χ0v) is 15.4. The number of rotatable bonds is 1. The van der Waals surface area contributed by atoms with Crippen LogP contribution in [0.15, 0.2) is 12.1 Å². The summed E-state index contributed by atoms with van der Waals surface area (Å²) in [6.45, 7) is 7.96. The van der Waals surface area contributed by atoms with Crippen molar-refractivity contribution in [2.24, 2.45) is 23.7 Å². The smallest absolute Gasteiger partial charge is 0.355 e. The average Bonchev–Trinajstić information content (AvgIpc) is 3.42. The summed E-state index contributed by atoms with van der Waals surface area (Å²) < 4.78 is 38.5. The van der Waals surface area contributed by atoms with Crippen molar-refractivity contribution in [3.8, 4) is 0 Å². The summed E-state index contributed by atoms with van der Waals surface area (Å²) in [5.41, 5.74) is -0.691. The topological polar surface area (TPSA) is 28.2 Å². The minimum Gasteiger partial charge on any atom is -0.355 e. The molecule has 2 saturated heterocycles. The van der Waals surface area contributed by atoms with Crippen molar-refractivity contribution in [1.29, 1.82) is 0 Å². The van der Waals surface area contributed by atoms with Gasteiger partial charge in [0.2, 0.25) is 0 Å². The van der Waals surface area contributed by atoms with Crippen molar-refractivity contribution in [2.45, 2.75) is 40.3 Å². The summed E-state index contributed by atoms with van der Waals surface area (Å²) in [7, 11) is 0. The fraction of sp³-hybridized carbons (Fsp3) is 0.737. The van der Waals surface area contributed by atoms with E-state index in [1.165, 1.54) is 25.6 Å². The number of hydrogen-bond acceptors (Lipinski definition) is 3. The van der Waals surface area contributed by atoms with Crippen molar-refractivity contribution < 1.29 is 13.2 Å². The number of halogens is 4. The molecule has 7 heteroatoms. The molecule has 4 aliphatic rings. The van der Waals surface area contributed by atoms with Gasteiger partial charge in [-0.2, -0.15) is 13.2 Å². The summed E-state index contributed by atoms with van der Waals surface area (Å²) in [6.07, 6.45) is -1.72. The standard InChI is InChI=1S/C11H10ClF3N2.C5H9N.C2H6.CH4/c12-9-2-1-8(11(13,14)15)10(16-9)17-4-6-3-7(6)5-17;1-4-2-6-3-5(1)4;1-2;/h1-2,6-7H,3-5H2;4-6H,1-3H2;1-2H3;1H4. The largest absolute Gasteiger partial charge is 0.419 e. The monoisotopic (exact) mass is 391 g/mol. The Hall–Kier alpha value is -1.01. The highest BCUT2D eigenvalue weighted by Crippen LogP contribution is 2.48. The fourth-order valence-electron chi connectivity index (χ4n) is 3.72. The minimum absolute atomic E-state index is 0. The van der Waals surface area contributed by atoms with Gasteiger partial charge in [0, 0.05) is 13.1 Å². The molecule has 3 heterocycles. The van der Waals surface area contributed by atoms with Gasteiger partial charge in [-0.25, -0.2) is 4.98 Å². The van der Waals surface area contributed by atoms with Gasteiger partial charge in [-0.3, -0.25) is 0 Å². The number of aromatic nitrogens is 1. The third-order valence-electron chi connectivity index (χ3n) is 5.31. The average molecular weight is 392 g/mol. The molecule has 26 heavy (non-hydrogen) atoms. The first-order valence-corrected chi connectivity index (χ1v) is 9.49. The van der Waals surface area contributed by atoms with Crippen LogP contribution in [-0.2, 0) is 6.18 Å². The maximum atomic E-state index is 12.8. The van der Waals surface area contributed by atoms with E-state index in [-0.39, 0.29) is 18.4 Å². The maximum Gasteiger partial charge on any atom is 0.419 e. The first-order chi connectivity index (χ1) is 11.9. The number of anilines is 1. The highest BCUT2D eigenvalue weighted by atomic mass is 35.5. The Balaban J connectivity index is 0.000000225. The maximum absolute atomic E-state index is 12.8. The van der Waals surface area contributed by atoms with E-state index in [1.807, 2.05) is 13.8 Å². The summed E-state index contributed by atoms with van der Waals surface area (Å²) in [4.78, 5) is 5.55. The Morgan fingerprint density at radius 3 is 2.00 bits per heavy atom. The first kappa shape index (κ1) is 21.3. The molecule has 1 aromatic heterocycles.